The molecule has 1 saturated heterocycles. The Morgan fingerprint density at radius 3 is 2.66 bits per heavy atom. The molecule has 152 valence electrons. The molecule has 2 unspecified atom stereocenters. The molecule has 2 amide bonds. The van der Waals surface area contributed by atoms with E-state index < -0.39 is 0 Å². The maximum Gasteiger partial charge on any atom is 0.324 e. The van der Waals surface area contributed by atoms with Crippen LogP contribution in [0.5, 0.6) is 0 Å². The minimum absolute atomic E-state index is 0.137. The van der Waals surface area contributed by atoms with Crippen molar-refractivity contribution in [2.45, 2.75) is 38.5 Å². The van der Waals surface area contributed by atoms with Crippen molar-refractivity contribution < 1.29 is 9.18 Å². The molecule has 0 spiro atoms. The fourth-order valence-corrected chi connectivity index (χ4v) is 5.16. The highest BCUT2D eigenvalue weighted by Gasteiger charge is 2.38. The Morgan fingerprint density at radius 1 is 1.07 bits per heavy atom. The summed E-state index contributed by atoms with van der Waals surface area (Å²) in [5.41, 5.74) is 4.78. The summed E-state index contributed by atoms with van der Waals surface area (Å²) in [6.07, 6.45) is 7.72. The lowest BCUT2D eigenvalue weighted by Gasteiger charge is -2.29. The second-order valence-corrected chi connectivity index (χ2v) is 8.43. The van der Waals surface area contributed by atoms with E-state index in [1.54, 1.807) is 24.4 Å². The Kier molecular flexibility index (Phi) is 4.73. The lowest BCUT2D eigenvalue weighted by molar-refractivity contribution is 0.252. The third-order valence-electron chi connectivity index (χ3n) is 6.54. The van der Waals surface area contributed by atoms with E-state index >= 15 is 0 Å². The SMILES string of the molecule is O=C(NC1=C(N2CC3Cc4ccc(F)cc4CC3C2)CCCC1)Nc1ccn[nH]1. The van der Waals surface area contributed by atoms with E-state index in [1.165, 1.54) is 16.8 Å². The number of carbonyl (C=O) groups excluding carboxylic acids is 1. The Morgan fingerprint density at radius 2 is 1.86 bits per heavy atom. The van der Waals surface area contributed by atoms with Crippen molar-refractivity contribution in [3.8, 4) is 0 Å². The van der Waals surface area contributed by atoms with E-state index in [2.05, 4.69) is 25.7 Å². The number of benzene rings is 1. The summed E-state index contributed by atoms with van der Waals surface area (Å²) in [6.45, 7) is 2.01. The number of fused-ring (bicyclic) bond motifs is 2. The molecule has 0 saturated carbocycles. The number of allylic oxidation sites excluding steroid dienone is 2. The highest BCUT2D eigenvalue weighted by Crippen LogP contribution is 2.39. The van der Waals surface area contributed by atoms with Gasteiger partial charge in [0, 0.05) is 30.5 Å². The molecule has 5 rings (SSSR count). The third kappa shape index (κ3) is 3.73. The normalized spacial score (nSPS) is 23.6. The zero-order chi connectivity index (χ0) is 19.8. The number of carbonyl (C=O) groups is 1. The summed E-state index contributed by atoms with van der Waals surface area (Å²) < 4.78 is 13.6. The molecule has 2 atom stereocenters. The lowest BCUT2D eigenvalue weighted by atomic mass is 9.78. The van der Waals surface area contributed by atoms with Crippen LogP contribution >= 0.6 is 0 Å². The summed E-state index contributed by atoms with van der Waals surface area (Å²) in [4.78, 5) is 14.9. The molecule has 7 heteroatoms. The minimum atomic E-state index is -0.233. The van der Waals surface area contributed by atoms with Crippen LogP contribution in [0.2, 0.25) is 0 Å². The van der Waals surface area contributed by atoms with Gasteiger partial charge in [0.25, 0.3) is 0 Å². The Hall–Kier alpha value is -2.83. The van der Waals surface area contributed by atoms with Gasteiger partial charge in [-0.1, -0.05) is 6.07 Å². The number of anilines is 1. The van der Waals surface area contributed by atoms with E-state index in [0.29, 0.717) is 17.7 Å². The molecule has 2 aliphatic carbocycles. The summed E-state index contributed by atoms with van der Waals surface area (Å²) in [5, 5.41) is 12.5. The second kappa shape index (κ2) is 7.54. The predicted octanol–water partition coefficient (Wildman–Crippen LogP) is 3.80. The monoisotopic (exact) mass is 395 g/mol. The van der Waals surface area contributed by atoms with E-state index in [1.807, 2.05) is 6.07 Å². The largest absolute Gasteiger partial charge is 0.373 e. The molecule has 29 heavy (non-hydrogen) atoms. The number of nitrogens with zero attached hydrogens (tertiary/aromatic N) is 2. The molecule has 1 aliphatic heterocycles. The van der Waals surface area contributed by atoms with Crippen molar-refractivity contribution in [2.24, 2.45) is 11.8 Å². The molecular formula is C22H26FN5O. The van der Waals surface area contributed by atoms with Crippen LogP contribution in [-0.4, -0.2) is 34.2 Å². The molecule has 6 nitrogen and oxygen atoms in total. The molecular weight excluding hydrogens is 369 g/mol. The first-order chi connectivity index (χ1) is 14.2. The van der Waals surface area contributed by atoms with Crippen LogP contribution in [0.25, 0.3) is 0 Å². The van der Waals surface area contributed by atoms with Gasteiger partial charge in [-0.15, -0.1) is 0 Å². The van der Waals surface area contributed by atoms with Crippen LogP contribution in [0.3, 0.4) is 0 Å². The van der Waals surface area contributed by atoms with E-state index in [4.69, 9.17) is 0 Å². The number of nitrogens with one attached hydrogen (secondary N) is 3. The van der Waals surface area contributed by atoms with Crippen LogP contribution in [-0.2, 0) is 12.8 Å². The number of amides is 2. The second-order valence-electron chi connectivity index (χ2n) is 8.43. The Labute approximate surface area is 169 Å². The van der Waals surface area contributed by atoms with Gasteiger partial charge in [0.15, 0.2) is 0 Å². The van der Waals surface area contributed by atoms with E-state index in [9.17, 15) is 9.18 Å². The Bertz CT molecular complexity index is 939. The van der Waals surface area contributed by atoms with Gasteiger partial charge in [0.2, 0.25) is 0 Å². The van der Waals surface area contributed by atoms with Crippen LogP contribution in [0.15, 0.2) is 41.9 Å². The average molecular weight is 395 g/mol. The summed E-state index contributed by atoms with van der Waals surface area (Å²) >= 11 is 0. The van der Waals surface area contributed by atoms with Gasteiger partial charge in [-0.05, 0) is 73.6 Å². The fourth-order valence-electron chi connectivity index (χ4n) is 5.16. The third-order valence-corrected chi connectivity index (χ3v) is 6.54. The molecule has 2 aromatic rings. The van der Waals surface area contributed by atoms with Crippen LogP contribution in [0, 0.1) is 17.7 Å². The van der Waals surface area contributed by atoms with Gasteiger partial charge in [-0.2, -0.15) is 5.10 Å². The minimum Gasteiger partial charge on any atom is -0.373 e. The smallest absolute Gasteiger partial charge is 0.324 e. The summed E-state index contributed by atoms with van der Waals surface area (Å²) in [5.74, 6) is 1.60. The molecule has 3 N–H and O–H groups in total. The molecule has 0 radical (unpaired) electrons. The summed E-state index contributed by atoms with van der Waals surface area (Å²) in [7, 11) is 0. The highest BCUT2D eigenvalue weighted by molar-refractivity contribution is 5.89. The maximum absolute atomic E-state index is 13.6. The van der Waals surface area contributed by atoms with Crippen molar-refractivity contribution in [1.29, 1.82) is 0 Å². The van der Waals surface area contributed by atoms with Crippen molar-refractivity contribution >= 4 is 11.8 Å². The number of aromatic nitrogens is 2. The molecule has 3 aliphatic rings. The standard InChI is InChI=1S/C22H26FN5O/c23-18-6-5-14-9-16-12-28(13-17(16)10-15(14)11-18)20-4-2-1-3-19(20)25-22(29)26-21-7-8-24-27-21/h5-8,11,16-17H,1-4,9-10,12-13H2,(H3,24,25,26,27,29). The quantitative estimate of drug-likeness (QED) is 0.740. The zero-order valence-corrected chi connectivity index (χ0v) is 16.4. The number of urea groups is 1. The number of rotatable bonds is 3. The van der Waals surface area contributed by atoms with Gasteiger partial charge >= 0.3 is 6.03 Å². The first-order valence-corrected chi connectivity index (χ1v) is 10.5. The summed E-state index contributed by atoms with van der Waals surface area (Å²) in [6, 6.07) is 6.73. The first kappa shape index (κ1) is 18.2. The average Bonchev–Trinajstić information content (AvgIpc) is 3.35. The molecule has 1 aromatic heterocycles. The predicted molar refractivity (Wildman–Crippen MR) is 109 cm³/mol. The Balaban J connectivity index is 1.31. The molecule has 2 heterocycles. The topological polar surface area (TPSA) is 73.1 Å². The number of hydrogen-bond donors (Lipinski definition) is 3. The van der Waals surface area contributed by atoms with Gasteiger partial charge in [-0.25, -0.2) is 9.18 Å². The van der Waals surface area contributed by atoms with Gasteiger partial charge < -0.3 is 10.2 Å². The van der Waals surface area contributed by atoms with E-state index in [-0.39, 0.29) is 11.8 Å². The van der Waals surface area contributed by atoms with Gasteiger partial charge in [-0.3, -0.25) is 10.4 Å². The molecule has 1 fully saturated rings. The van der Waals surface area contributed by atoms with Gasteiger partial charge in [0.05, 0.1) is 6.20 Å². The highest BCUT2D eigenvalue weighted by atomic mass is 19.1. The number of hydrogen-bond acceptors (Lipinski definition) is 3. The number of H-pyrrole nitrogens is 1. The molecule has 0 bridgehead atoms. The first-order valence-electron chi connectivity index (χ1n) is 10.5. The number of aromatic amines is 1. The van der Waals surface area contributed by atoms with Crippen molar-refractivity contribution in [1.82, 2.24) is 20.4 Å². The van der Waals surface area contributed by atoms with E-state index in [0.717, 1.165) is 57.3 Å². The van der Waals surface area contributed by atoms with Crippen molar-refractivity contribution in [3.05, 3.63) is 58.8 Å². The number of halogens is 1. The van der Waals surface area contributed by atoms with Gasteiger partial charge in [0.1, 0.15) is 11.6 Å². The van der Waals surface area contributed by atoms with Crippen LogP contribution < -0.4 is 10.6 Å². The fraction of sp³-hybridized carbons (Fsp3) is 0.455. The van der Waals surface area contributed by atoms with Crippen LogP contribution in [0.4, 0.5) is 15.0 Å². The van der Waals surface area contributed by atoms with Crippen molar-refractivity contribution in [3.63, 3.8) is 0 Å². The molecule has 1 aromatic carbocycles. The lowest BCUT2D eigenvalue weighted by Crippen LogP contribution is -2.34. The van der Waals surface area contributed by atoms with Crippen LogP contribution in [0.1, 0.15) is 36.8 Å². The maximum atomic E-state index is 13.6. The number of likely N-dealkylation sites (tertiary alicyclic amines) is 1. The van der Waals surface area contributed by atoms with Crippen molar-refractivity contribution in [2.75, 3.05) is 18.4 Å². The zero-order valence-electron chi connectivity index (χ0n) is 16.4.